The van der Waals surface area contributed by atoms with E-state index in [1.807, 2.05) is 0 Å². The molecule has 0 radical (unpaired) electrons. The monoisotopic (exact) mass is 216 g/mol. The first-order valence-electron chi connectivity index (χ1n) is 4.60. The molecule has 1 unspecified atom stereocenters. The molecule has 0 N–H and O–H groups in total. The van der Waals surface area contributed by atoms with Crippen LogP contribution in [0.4, 0.5) is 0 Å². The Morgan fingerprint density at radius 2 is 1.47 bits per heavy atom. The van der Waals surface area contributed by atoms with Crippen molar-refractivity contribution in [3.05, 3.63) is 0 Å². The number of carbonyl (C=O) groups is 3. The van der Waals surface area contributed by atoms with Gasteiger partial charge in [0.05, 0.1) is 14.2 Å². The largest absolute Gasteiger partial charge is 0.468 e. The molecule has 0 bridgehead atoms. The zero-order valence-electron chi connectivity index (χ0n) is 9.35. The van der Waals surface area contributed by atoms with Gasteiger partial charge in [0.25, 0.3) is 0 Å². The van der Waals surface area contributed by atoms with Crippen molar-refractivity contribution in [2.75, 3.05) is 14.2 Å². The summed E-state index contributed by atoms with van der Waals surface area (Å²) in [7, 11) is 2.33. The highest BCUT2D eigenvalue weighted by atomic mass is 16.5. The van der Waals surface area contributed by atoms with E-state index in [-0.39, 0.29) is 5.92 Å². The Bertz CT molecular complexity index is 230. The molecule has 0 aromatic rings. The van der Waals surface area contributed by atoms with Gasteiger partial charge in [0, 0.05) is 5.92 Å². The van der Waals surface area contributed by atoms with Crippen LogP contribution in [0.5, 0.6) is 0 Å². The van der Waals surface area contributed by atoms with E-state index in [1.165, 1.54) is 14.2 Å². The summed E-state index contributed by atoms with van der Waals surface area (Å²) in [5, 5.41) is 0. The van der Waals surface area contributed by atoms with E-state index in [0.29, 0.717) is 6.29 Å². The minimum absolute atomic E-state index is 0.134. The van der Waals surface area contributed by atoms with E-state index in [0.717, 1.165) is 0 Å². The summed E-state index contributed by atoms with van der Waals surface area (Å²) in [6, 6.07) is 0. The lowest BCUT2D eigenvalue weighted by atomic mass is 9.84. The molecule has 5 heteroatoms. The average molecular weight is 216 g/mol. The summed E-state index contributed by atoms with van der Waals surface area (Å²) in [5.74, 6) is -3.51. The van der Waals surface area contributed by atoms with Crippen molar-refractivity contribution < 1.29 is 23.9 Å². The second kappa shape index (κ2) is 6.16. The van der Waals surface area contributed by atoms with Gasteiger partial charge in [0.2, 0.25) is 0 Å². The van der Waals surface area contributed by atoms with E-state index >= 15 is 0 Å². The van der Waals surface area contributed by atoms with Crippen LogP contribution >= 0.6 is 0 Å². The van der Waals surface area contributed by atoms with Crippen LogP contribution in [0.1, 0.15) is 13.8 Å². The maximum atomic E-state index is 11.3. The van der Waals surface area contributed by atoms with Crippen LogP contribution in [0, 0.1) is 17.8 Å². The van der Waals surface area contributed by atoms with Crippen molar-refractivity contribution in [1.82, 2.24) is 0 Å². The second-order valence-electron chi connectivity index (χ2n) is 3.48. The smallest absolute Gasteiger partial charge is 0.320 e. The molecule has 0 aliphatic carbocycles. The SMILES string of the molecule is COC(=O)C(C(=O)OC)C(C=O)C(C)C. The molecular weight excluding hydrogens is 200 g/mol. The van der Waals surface area contributed by atoms with Crippen molar-refractivity contribution in [3.63, 3.8) is 0 Å². The third kappa shape index (κ3) is 3.34. The van der Waals surface area contributed by atoms with E-state index < -0.39 is 23.8 Å². The first-order chi connectivity index (χ1) is 6.99. The molecule has 0 saturated carbocycles. The maximum Gasteiger partial charge on any atom is 0.320 e. The second-order valence-corrected chi connectivity index (χ2v) is 3.48. The van der Waals surface area contributed by atoms with Crippen LogP contribution in [0.25, 0.3) is 0 Å². The number of aldehydes is 1. The van der Waals surface area contributed by atoms with E-state index in [1.54, 1.807) is 13.8 Å². The number of hydrogen-bond donors (Lipinski definition) is 0. The lowest BCUT2D eigenvalue weighted by Gasteiger charge is -2.21. The molecule has 0 aliphatic heterocycles. The van der Waals surface area contributed by atoms with Crippen LogP contribution in [0.2, 0.25) is 0 Å². The minimum atomic E-state index is -1.17. The number of ether oxygens (including phenoxy) is 2. The normalized spacial score (nSPS) is 12.4. The quantitative estimate of drug-likeness (QED) is 0.378. The lowest BCUT2D eigenvalue weighted by Crippen LogP contribution is -2.36. The first-order valence-corrected chi connectivity index (χ1v) is 4.60. The molecule has 0 fully saturated rings. The molecule has 15 heavy (non-hydrogen) atoms. The summed E-state index contributed by atoms with van der Waals surface area (Å²) in [6.45, 7) is 3.50. The molecule has 1 atom stereocenters. The van der Waals surface area contributed by atoms with Crippen molar-refractivity contribution in [3.8, 4) is 0 Å². The van der Waals surface area contributed by atoms with Crippen LogP contribution in [-0.2, 0) is 23.9 Å². The fourth-order valence-electron chi connectivity index (χ4n) is 1.29. The molecule has 5 nitrogen and oxygen atoms in total. The lowest BCUT2D eigenvalue weighted by molar-refractivity contribution is -0.163. The van der Waals surface area contributed by atoms with Crippen molar-refractivity contribution in [1.29, 1.82) is 0 Å². The highest BCUT2D eigenvalue weighted by molar-refractivity contribution is 5.97. The minimum Gasteiger partial charge on any atom is -0.468 e. The Morgan fingerprint density at radius 3 is 1.67 bits per heavy atom. The Kier molecular flexibility index (Phi) is 5.59. The van der Waals surface area contributed by atoms with E-state index in [4.69, 9.17) is 0 Å². The van der Waals surface area contributed by atoms with Gasteiger partial charge in [-0.2, -0.15) is 0 Å². The number of methoxy groups -OCH3 is 2. The number of carbonyl (C=O) groups excluding carboxylic acids is 3. The summed E-state index contributed by atoms with van der Waals surface area (Å²) < 4.78 is 8.94. The summed E-state index contributed by atoms with van der Waals surface area (Å²) in [5.41, 5.74) is 0. The van der Waals surface area contributed by atoms with Crippen molar-refractivity contribution in [2.24, 2.45) is 17.8 Å². The molecular formula is C10H16O5. The fraction of sp³-hybridized carbons (Fsp3) is 0.700. The predicted octanol–water partition coefficient (Wildman–Crippen LogP) is 0.420. The van der Waals surface area contributed by atoms with Gasteiger partial charge in [0.1, 0.15) is 6.29 Å². The molecule has 0 aliphatic rings. The molecule has 0 rings (SSSR count). The van der Waals surface area contributed by atoms with Crippen LogP contribution < -0.4 is 0 Å². The molecule has 0 spiro atoms. The van der Waals surface area contributed by atoms with Gasteiger partial charge in [-0.1, -0.05) is 13.8 Å². The highest BCUT2D eigenvalue weighted by Gasteiger charge is 2.38. The highest BCUT2D eigenvalue weighted by Crippen LogP contribution is 2.21. The molecule has 0 heterocycles. The summed E-state index contributed by atoms with van der Waals surface area (Å²) in [6.07, 6.45) is 0.586. The number of hydrogen-bond acceptors (Lipinski definition) is 5. The number of rotatable bonds is 5. The van der Waals surface area contributed by atoms with Crippen LogP contribution in [-0.4, -0.2) is 32.4 Å². The third-order valence-electron chi connectivity index (χ3n) is 2.22. The Morgan fingerprint density at radius 1 is 1.07 bits per heavy atom. The van der Waals surface area contributed by atoms with Gasteiger partial charge in [-0.3, -0.25) is 9.59 Å². The molecule has 0 saturated heterocycles. The molecule has 0 aromatic carbocycles. The van der Waals surface area contributed by atoms with Crippen LogP contribution in [0.15, 0.2) is 0 Å². The Balaban J connectivity index is 4.98. The van der Waals surface area contributed by atoms with Gasteiger partial charge in [0.15, 0.2) is 5.92 Å². The standard InChI is InChI=1S/C10H16O5/c1-6(2)7(5-11)8(9(12)14-3)10(13)15-4/h5-8H,1-4H3. The molecule has 0 aromatic heterocycles. The van der Waals surface area contributed by atoms with Gasteiger partial charge in [-0.15, -0.1) is 0 Å². The number of esters is 2. The van der Waals surface area contributed by atoms with Gasteiger partial charge in [-0.05, 0) is 5.92 Å². The fourth-order valence-corrected chi connectivity index (χ4v) is 1.29. The van der Waals surface area contributed by atoms with Crippen molar-refractivity contribution >= 4 is 18.2 Å². The molecule has 86 valence electrons. The van der Waals surface area contributed by atoms with Crippen molar-refractivity contribution in [2.45, 2.75) is 13.8 Å². The van der Waals surface area contributed by atoms with Gasteiger partial charge < -0.3 is 14.3 Å². The first kappa shape index (κ1) is 13.6. The molecule has 0 amide bonds. The van der Waals surface area contributed by atoms with Crippen LogP contribution in [0.3, 0.4) is 0 Å². The third-order valence-corrected chi connectivity index (χ3v) is 2.22. The summed E-state index contributed by atoms with van der Waals surface area (Å²) >= 11 is 0. The van der Waals surface area contributed by atoms with Gasteiger partial charge >= 0.3 is 11.9 Å². The Labute approximate surface area is 88.7 Å². The average Bonchev–Trinajstić information content (AvgIpc) is 2.23. The predicted molar refractivity (Wildman–Crippen MR) is 51.9 cm³/mol. The maximum absolute atomic E-state index is 11.3. The van der Waals surface area contributed by atoms with E-state index in [9.17, 15) is 14.4 Å². The summed E-state index contributed by atoms with van der Waals surface area (Å²) in [4.78, 5) is 33.5. The zero-order valence-corrected chi connectivity index (χ0v) is 9.35. The zero-order chi connectivity index (χ0) is 12.0. The van der Waals surface area contributed by atoms with Gasteiger partial charge in [-0.25, -0.2) is 0 Å². The Hall–Kier alpha value is -1.39. The topological polar surface area (TPSA) is 69.7 Å². The van der Waals surface area contributed by atoms with E-state index in [2.05, 4.69) is 9.47 Å².